The molecule has 0 saturated carbocycles. The molecule has 5 nitrogen and oxygen atoms in total. The molecule has 1 aliphatic heterocycles. The maximum atomic E-state index is 11.2. The third-order valence-corrected chi connectivity index (χ3v) is 2.61. The van der Waals surface area contributed by atoms with Crippen LogP contribution in [0.5, 0.6) is 0 Å². The molecule has 0 spiro atoms. The minimum atomic E-state index is -0.811. The van der Waals surface area contributed by atoms with Crippen molar-refractivity contribution in [3.63, 3.8) is 0 Å². The zero-order chi connectivity index (χ0) is 12.6. The molecule has 1 aromatic carbocycles. The number of fused-ring (bicyclic) bond motifs is 1. The predicted molar refractivity (Wildman–Crippen MR) is 68.0 cm³/mol. The van der Waals surface area contributed by atoms with Crippen LogP contribution >= 0.6 is 0 Å². The Labute approximate surface area is 100 Å². The first-order valence-corrected chi connectivity index (χ1v) is 5.54. The van der Waals surface area contributed by atoms with Crippen LogP contribution in [-0.2, 0) is 11.2 Å². The smallest absolute Gasteiger partial charge is 0.228 e. The fourth-order valence-corrected chi connectivity index (χ4v) is 1.76. The van der Waals surface area contributed by atoms with Crippen LogP contribution < -0.4 is 16.4 Å². The number of carbonyl (C=O) groups is 1. The molecule has 2 rings (SSSR count). The third kappa shape index (κ3) is 2.68. The lowest BCUT2D eigenvalue weighted by Crippen LogP contribution is -2.29. The molecule has 0 radical (unpaired) electrons. The van der Waals surface area contributed by atoms with Gasteiger partial charge in [0.2, 0.25) is 5.91 Å². The second-order valence-electron chi connectivity index (χ2n) is 4.99. The van der Waals surface area contributed by atoms with Gasteiger partial charge in [-0.3, -0.25) is 4.79 Å². The molecule has 0 fully saturated rings. The van der Waals surface area contributed by atoms with E-state index in [1.165, 1.54) is 0 Å². The first kappa shape index (κ1) is 11.7. The average Bonchev–Trinajstić information content (AvgIpc) is 2.52. The van der Waals surface area contributed by atoms with E-state index in [0.29, 0.717) is 18.7 Å². The van der Waals surface area contributed by atoms with E-state index in [4.69, 9.17) is 5.73 Å². The summed E-state index contributed by atoms with van der Waals surface area (Å²) in [6.45, 7) is 3.82. The number of benzene rings is 1. The van der Waals surface area contributed by atoms with Gasteiger partial charge in [-0.1, -0.05) is 0 Å². The summed E-state index contributed by atoms with van der Waals surface area (Å²) >= 11 is 0. The number of amides is 1. The van der Waals surface area contributed by atoms with Crippen molar-refractivity contribution in [3.8, 4) is 0 Å². The Morgan fingerprint density at radius 1 is 1.53 bits per heavy atom. The Morgan fingerprint density at radius 3 is 2.88 bits per heavy atom. The van der Waals surface area contributed by atoms with Crippen LogP contribution in [0.25, 0.3) is 0 Å². The first-order chi connectivity index (χ1) is 7.85. The number of rotatable bonds is 3. The van der Waals surface area contributed by atoms with E-state index in [0.717, 1.165) is 16.9 Å². The van der Waals surface area contributed by atoms with Crippen molar-refractivity contribution in [2.45, 2.75) is 25.9 Å². The highest BCUT2D eigenvalue weighted by molar-refractivity contribution is 6.00. The molecule has 1 aliphatic rings. The van der Waals surface area contributed by atoms with Crippen LogP contribution in [0.15, 0.2) is 12.1 Å². The molecule has 0 unspecified atom stereocenters. The maximum absolute atomic E-state index is 11.2. The average molecular weight is 235 g/mol. The molecular weight excluding hydrogens is 218 g/mol. The second-order valence-corrected chi connectivity index (χ2v) is 4.99. The zero-order valence-corrected chi connectivity index (χ0v) is 10.0. The van der Waals surface area contributed by atoms with E-state index in [9.17, 15) is 9.90 Å². The van der Waals surface area contributed by atoms with E-state index >= 15 is 0 Å². The SMILES string of the molecule is CC(C)(O)CNc1cc2c(cc1N)CC(=O)N2. The van der Waals surface area contributed by atoms with Crippen molar-refractivity contribution < 1.29 is 9.90 Å². The molecule has 1 amide bonds. The van der Waals surface area contributed by atoms with Crippen LogP contribution in [0.1, 0.15) is 19.4 Å². The maximum Gasteiger partial charge on any atom is 0.228 e. The molecular formula is C12H17N3O2. The van der Waals surface area contributed by atoms with E-state index in [2.05, 4.69) is 10.6 Å². The van der Waals surface area contributed by atoms with Gasteiger partial charge in [0.15, 0.2) is 0 Å². The van der Waals surface area contributed by atoms with Gasteiger partial charge in [0.25, 0.3) is 0 Å². The molecule has 1 aromatic rings. The molecule has 0 bridgehead atoms. The van der Waals surface area contributed by atoms with E-state index < -0.39 is 5.60 Å². The molecule has 0 atom stereocenters. The third-order valence-electron chi connectivity index (χ3n) is 2.61. The van der Waals surface area contributed by atoms with Gasteiger partial charge in [-0.15, -0.1) is 0 Å². The minimum Gasteiger partial charge on any atom is -0.397 e. The van der Waals surface area contributed by atoms with E-state index in [1.807, 2.05) is 0 Å². The lowest BCUT2D eigenvalue weighted by atomic mass is 10.1. The highest BCUT2D eigenvalue weighted by Gasteiger charge is 2.20. The predicted octanol–water partition coefficient (Wildman–Crippen LogP) is 0.946. The van der Waals surface area contributed by atoms with Crippen molar-refractivity contribution >= 4 is 23.0 Å². The van der Waals surface area contributed by atoms with Gasteiger partial charge in [-0.2, -0.15) is 0 Å². The standard InChI is InChI=1S/C12H17N3O2/c1-12(2,17)6-14-10-5-9-7(3-8(10)13)4-11(16)15-9/h3,5,14,17H,4,6,13H2,1-2H3,(H,15,16). The quantitative estimate of drug-likeness (QED) is 0.587. The molecule has 17 heavy (non-hydrogen) atoms. The van der Waals surface area contributed by atoms with Crippen molar-refractivity contribution in [1.82, 2.24) is 0 Å². The van der Waals surface area contributed by atoms with E-state index in [-0.39, 0.29) is 5.91 Å². The molecule has 5 N–H and O–H groups in total. The number of aliphatic hydroxyl groups is 1. The Kier molecular flexibility index (Phi) is 2.71. The van der Waals surface area contributed by atoms with Gasteiger partial charge in [0, 0.05) is 12.2 Å². The summed E-state index contributed by atoms with van der Waals surface area (Å²) in [4.78, 5) is 11.2. The van der Waals surface area contributed by atoms with Gasteiger partial charge < -0.3 is 21.5 Å². The number of hydrogen-bond acceptors (Lipinski definition) is 4. The molecule has 92 valence electrons. The summed E-state index contributed by atoms with van der Waals surface area (Å²) in [6.07, 6.45) is 0.380. The molecule has 0 aromatic heterocycles. The summed E-state index contributed by atoms with van der Waals surface area (Å²) in [5, 5.41) is 15.5. The summed E-state index contributed by atoms with van der Waals surface area (Å²) in [6, 6.07) is 3.60. The van der Waals surface area contributed by atoms with Gasteiger partial charge in [-0.25, -0.2) is 0 Å². The highest BCUT2D eigenvalue weighted by Crippen LogP contribution is 2.31. The Balaban J connectivity index is 2.19. The molecule has 0 aliphatic carbocycles. The molecule has 5 heteroatoms. The highest BCUT2D eigenvalue weighted by atomic mass is 16.3. The first-order valence-electron chi connectivity index (χ1n) is 5.54. The largest absolute Gasteiger partial charge is 0.397 e. The van der Waals surface area contributed by atoms with Crippen molar-refractivity contribution in [2.75, 3.05) is 22.9 Å². The number of nitrogens with one attached hydrogen (secondary N) is 2. The summed E-state index contributed by atoms with van der Waals surface area (Å²) in [5.74, 6) is -0.0148. The van der Waals surface area contributed by atoms with Crippen LogP contribution in [0.3, 0.4) is 0 Å². The summed E-state index contributed by atoms with van der Waals surface area (Å²) < 4.78 is 0. The Bertz CT molecular complexity index is 464. The van der Waals surface area contributed by atoms with Crippen LogP contribution in [-0.4, -0.2) is 23.2 Å². The van der Waals surface area contributed by atoms with Crippen molar-refractivity contribution in [2.24, 2.45) is 0 Å². The fraction of sp³-hybridized carbons (Fsp3) is 0.417. The fourth-order valence-electron chi connectivity index (χ4n) is 1.76. The van der Waals surface area contributed by atoms with E-state index in [1.54, 1.807) is 26.0 Å². The van der Waals surface area contributed by atoms with Crippen molar-refractivity contribution in [3.05, 3.63) is 17.7 Å². The number of nitrogens with two attached hydrogens (primary N) is 1. The second kappa shape index (κ2) is 3.92. The van der Waals surface area contributed by atoms with Gasteiger partial charge in [0.05, 0.1) is 23.4 Å². The lowest BCUT2D eigenvalue weighted by molar-refractivity contribution is -0.115. The zero-order valence-electron chi connectivity index (χ0n) is 10.0. The lowest BCUT2D eigenvalue weighted by Gasteiger charge is -2.20. The van der Waals surface area contributed by atoms with Crippen molar-refractivity contribution in [1.29, 1.82) is 0 Å². The summed E-state index contributed by atoms with van der Waals surface area (Å²) in [5.41, 5.74) is 8.10. The topological polar surface area (TPSA) is 87.4 Å². The summed E-state index contributed by atoms with van der Waals surface area (Å²) in [7, 11) is 0. The number of anilines is 3. The van der Waals surface area contributed by atoms with Gasteiger partial charge >= 0.3 is 0 Å². The van der Waals surface area contributed by atoms with Gasteiger partial charge in [-0.05, 0) is 31.5 Å². The Morgan fingerprint density at radius 2 is 2.24 bits per heavy atom. The molecule has 0 saturated heterocycles. The van der Waals surface area contributed by atoms with Gasteiger partial charge in [0.1, 0.15) is 0 Å². The monoisotopic (exact) mass is 235 g/mol. The normalized spacial score (nSPS) is 14.4. The van der Waals surface area contributed by atoms with Crippen LogP contribution in [0.4, 0.5) is 17.1 Å². The number of carbonyl (C=O) groups excluding carboxylic acids is 1. The Hall–Kier alpha value is -1.75. The molecule has 1 heterocycles. The minimum absolute atomic E-state index is 0.0148. The number of hydrogen-bond donors (Lipinski definition) is 4. The number of nitrogen functional groups attached to an aromatic ring is 1. The van der Waals surface area contributed by atoms with Crippen LogP contribution in [0.2, 0.25) is 0 Å². The van der Waals surface area contributed by atoms with Crippen LogP contribution in [0, 0.1) is 0 Å².